The Labute approximate surface area is 142 Å². The molecular formula is C18H14ClFN2O2. The number of hydrogen-bond acceptors (Lipinski definition) is 2. The zero-order valence-corrected chi connectivity index (χ0v) is 13.6. The summed E-state index contributed by atoms with van der Waals surface area (Å²) in [6.07, 6.45) is 1.53. The fraction of sp³-hybridized carbons (Fsp3) is 0.111. The highest BCUT2D eigenvalue weighted by atomic mass is 35.5. The van der Waals surface area contributed by atoms with Crippen molar-refractivity contribution >= 4 is 34.1 Å². The van der Waals surface area contributed by atoms with E-state index in [9.17, 15) is 14.0 Å². The second-order valence-electron chi connectivity index (χ2n) is 5.26. The maximum Gasteiger partial charge on any atom is 0.261 e. The van der Waals surface area contributed by atoms with Crippen molar-refractivity contribution in [1.82, 2.24) is 4.57 Å². The maximum atomic E-state index is 13.2. The average molecular weight is 345 g/mol. The number of pyridine rings is 1. The Morgan fingerprint density at radius 1 is 1.25 bits per heavy atom. The van der Waals surface area contributed by atoms with Crippen LogP contribution in [0, 0.1) is 5.82 Å². The van der Waals surface area contributed by atoms with Crippen molar-refractivity contribution in [2.45, 2.75) is 13.5 Å². The van der Waals surface area contributed by atoms with E-state index in [0.29, 0.717) is 17.6 Å². The van der Waals surface area contributed by atoms with Crippen molar-refractivity contribution in [3.63, 3.8) is 0 Å². The van der Waals surface area contributed by atoms with Crippen molar-refractivity contribution in [1.29, 1.82) is 0 Å². The lowest BCUT2D eigenvalue weighted by molar-refractivity contribution is 0.102. The first-order valence-electron chi connectivity index (χ1n) is 7.40. The minimum Gasteiger partial charge on any atom is -0.347 e. The van der Waals surface area contributed by atoms with Gasteiger partial charge in [-0.2, -0.15) is 0 Å². The summed E-state index contributed by atoms with van der Waals surface area (Å²) in [5, 5.41) is 2.96. The van der Waals surface area contributed by atoms with Crippen LogP contribution in [-0.2, 0) is 6.54 Å². The Morgan fingerprint density at radius 3 is 2.71 bits per heavy atom. The number of fused-ring (bicyclic) bond motifs is 1. The number of rotatable bonds is 3. The van der Waals surface area contributed by atoms with Gasteiger partial charge in [0.2, 0.25) is 5.43 Å². The number of nitrogens with zero attached hydrogens (tertiary/aromatic N) is 1. The third-order valence-corrected chi connectivity index (χ3v) is 4.04. The van der Waals surface area contributed by atoms with Crippen LogP contribution in [0.25, 0.3) is 10.9 Å². The molecule has 6 heteroatoms. The molecule has 0 saturated heterocycles. The average Bonchev–Trinajstić information content (AvgIpc) is 2.58. The van der Waals surface area contributed by atoms with E-state index < -0.39 is 11.7 Å². The number of hydrogen-bond donors (Lipinski definition) is 1. The molecule has 122 valence electrons. The van der Waals surface area contributed by atoms with Gasteiger partial charge < -0.3 is 9.88 Å². The number of para-hydroxylation sites is 1. The van der Waals surface area contributed by atoms with Crippen molar-refractivity contribution in [2.24, 2.45) is 0 Å². The largest absolute Gasteiger partial charge is 0.347 e. The third-order valence-electron chi connectivity index (χ3n) is 3.75. The number of carbonyl (C=O) groups is 1. The summed E-state index contributed by atoms with van der Waals surface area (Å²) in [5.41, 5.74) is 0.769. The first kappa shape index (κ1) is 16.2. The number of aryl methyl sites for hydroxylation is 1. The van der Waals surface area contributed by atoms with Gasteiger partial charge in [-0.3, -0.25) is 9.59 Å². The van der Waals surface area contributed by atoms with Crippen LogP contribution in [0.2, 0.25) is 5.02 Å². The van der Waals surface area contributed by atoms with Crippen LogP contribution < -0.4 is 10.7 Å². The zero-order valence-electron chi connectivity index (χ0n) is 12.8. The molecule has 4 nitrogen and oxygen atoms in total. The van der Waals surface area contributed by atoms with Crippen molar-refractivity contribution in [2.75, 3.05) is 5.32 Å². The predicted molar refractivity (Wildman–Crippen MR) is 93.2 cm³/mol. The molecule has 0 bridgehead atoms. The highest BCUT2D eigenvalue weighted by molar-refractivity contribution is 6.31. The Hall–Kier alpha value is -2.66. The van der Waals surface area contributed by atoms with Crippen LogP contribution >= 0.6 is 11.6 Å². The lowest BCUT2D eigenvalue weighted by Crippen LogP contribution is -2.23. The van der Waals surface area contributed by atoms with Crippen molar-refractivity contribution in [3.8, 4) is 0 Å². The standard InChI is InChI=1S/C18H14ClFN2O2/c1-2-22-10-13(17(23)12-5-3-4-6-16(12)22)18(24)21-11-7-8-15(20)14(19)9-11/h3-10H,2H2,1H3,(H,21,24). The molecule has 24 heavy (non-hydrogen) atoms. The molecule has 1 amide bonds. The van der Waals surface area contributed by atoms with Crippen LogP contribution in [0.3, 0.4) is 0 Å². The summed E-state index contributed by atoms with van der Waals surface area (Å²) in [6.45, 7) is 2.54. The van der Waals surface area contributed by atoms with Gasteiger partial charge in [0.15, 0.2) is 0 Å². The molecule has 0 fully saturated rings. The van der Waals surface area contributed by atoms with Crippen LogP contribution in [0.1, 0.15) is 17.3 Å². The van der Waals surface area contributed by atoms with Crippen molar-refractivity contribution < 1.29 is 9.18 Å². The van der Waals surface area contributed by atoms with Gasteiger partial charge in [-0.25, -0.2) is 4.39 Å². The zero-order chi connectivity index (χ0) is 17.3. The number of benzene rings is 2. The smallest absolute Gasteiger partial charge is 0.261 e. The summed E-state index contributed by atoms with van der Waals surface area (Å²) < 4.78 is 15.0. The number of anilines is 1. The van der Waals surface area contributed by atoms with E-state index in [1.54, 1.807) is 12.1 Å². The van der Waals surface area contributed by atoms with Gasteiger partial charge in [-0.1, -0.05) is 23.7 Å². The minimum atomic E-state index is -0.575. The van der Waals surface area contributed by atoms with Gasteiger partial charge in [-0.15, -0.1) is 0 Å². The SMILES string of the molecule is CCn1cc(C(=O)Nc2ccc(F)c(Cl)c2)c(=O)c2ccccc21. The van der Waals surface area contributed by atoms with E-state index in [4.69, 9.17) is 11.6 Å². The topological polar surface area (TPSA) is 51.1 Å². The van der Waals surface area contributed by atoms with Crippen molar-refractivity contribution in [3.05, 3.63) is 75.3 Å². The molecule has 0 aliphatic carbocycles. The summed E-state index contributed by atoms with van der Waals surface area (Å²) >= 11 is 5.71. The normalized spacial score (nSPS) is 10.8. The summed E-state index contributed by atoms with van der Waals surface area (Å²) in [7, 11) is 0. The van der Waals surface area contributed by atoms with Gasteiger partial charge in [0.25, 0.3) is 5.91 Å². The minimum absolute atomic E-state index is 0.0241. The Bertz CT molecular complexity index is 998. The monoisotopic (exact) mass is 344 g/mol. The van der Waals surface area contributed by atoms with Gasteiger partial charge in [0.05, 0.1) is 10.5 Å². The fourth-order valence-corrected chi connectivity index (χ4v) is 2.72. The van der Waals surface area contributed by atoms with E-state index in [1.807, 2.05) is 23.6 Å². The quantitative estimate of drug-likeness (QED) is 0.778. The molecule has 0 radical (unpaired) electrons. The first-order valence-corrected chi connectivity index (χ1v) is 7.77. The second-order valence-corrected chi connectivity index (χ2v) is 5.67. The molecule has 0 saturated carbocycles. The lowest BCUT2D eigenvalue weighted by Gasteiger charge is -2.12. The molecule has 0 aliphatic heterocycles. The highest BCUT2D eigenvalue weighted by Crippen LogP contribution is 2.20. The van der Waals surface area contributed by atoms with Crippen LogP contribution in [-0.4, -0.2) is 10.5 Å². The van der Waals surface area contributed by atoms with Gasteiger partial charge >= 0.3 is 0 Å². The molecule has 1 heterocycles. The Kier molecular flexibility index (Phi) is 4.36. The van der Waals surface area contributed by atoms with Crippen LogP contribution in [0.4, 0.5) is 10.1 Å². The highest BCUT2D eigenvalue weighted by Gasteiger charge is 2.15. The number of amides is 1. The molecule has 0 atom stereocenters. The number of carbonyl (C=O) groups excluding carboxylic acids is 1. The predicted octanol–water partition coefficient (Wildman–Crippen LogP) is 4.07. The maximum absolute atomic E-state index is 13.2. The summed E-state index contributed by atoms with van der Waals surface area (Å²) in [6, 6.07) is 11.0. The van der Waals surface area contributed by atoms with Gasteiger partial charge in [-0.05, 0) is 37.3 Å². The molecule has 1 N–H and O–H groups in total. The Morgan fingerprint density at radius 2 is 2.00 bits per heavy atom. The van der Waals surface area contributed by atoms with E-state index in [1.165, 1.54) is 18.3 Å². The summed E-state index contributed by atoms with van der Waals surface area (Å²) in [5.74, 6) is -1.13. The van der Waals surface area contributed by atoms with E-state index in [-0.39, 0.29) is 16.0 Å². The molecule has 0 unspecified atom stereocenters. The summed E-state index contributed by atoms with van der Waals surface area (Å²) in [4.78, 5) is 25.1. The molecule has 3 aromatic rings. The molecule has 3 rings (SSSR count). The molecule has 0 aliphatic rings. The van der Waals surface area contributed by atoms with Gasteiger partial charge in [0, 0.05) is 23.8 Å². The third kappa shape index (κ3) is 2.90. The number of nitrogens with one attached hydrogen (secondary N) is 1. The van der Waals surface area contributed by atoms with Crippen LogP contribution in [0.5, 0.6) is 0 Å². The van der Waals surface area contributed by atoms with E-state index >= 15 is 0 Å². The first-order chi connectivity index (χ1) is 11.5. The molecular weight excluding hydrogens is 331 g/mol. The molecule has 1 aromatic heterocycles. The number of aromatic nitrogens is 1. The lowest BCUT2D eigenvalue weighted by atomic mass is 10.1. The second kappa shape index (κ2) is 6.45. The Balaban J connectivity index is 2.05. The van der Waals surface area contributed by atoms with E-state index in [0.717, 1.165) is 11.6 Å². The fourth-order valence-electron chi connectivity index (χ4n) is 2.54. The number of halogens is 2. The molecule has 0 spiro atoms. The molecule has 2 aromatic carbocycles. The van der Waals surface area contributed by atoms with Gasteiger partial charge in [0.1, 0.15) is 11.4 Å². The van der Waals surface area contributed by atoms with Crippen LogP contribution in [0.15, 0.2) is 53.5 Å². The van der Waals surface area contributed by atoms with E-state index in [2.05, 4.69) is 5.32 Å².